The maximum atomic E-state index is 12.4. The average Bonchev–Trinajstić information content (AvgIpc) is 2.62. The van der Waals surface area contributed by atoms with Crippen LogP contribution in [-0.2, 0) is 11.2 Å². The Labute approximate surface area is 160 Å². The molecule has 0 saturated carbocycles. The van der Waals surface area contributed by atoms with E-state index in [4.69, 9.17) is 4.74 Å². The van der Waals surface area contributed by atoms with E-state index < -0.39 is 5.91 Å². The maximum absolute atomic E-state index is 12.4. The van der Waals surface area contributed by atoms with Crippen LogP contribution in [0.2, 0.25) is 0 Å². The standard InChI is InChI=1S/C19H17IN2O3/c1-3-13-6-4-5-7-16(13)22-19(24)14(11-21)8-12-9-15(20)18(23)17(10-12)25-2/h4-10,23H,3H2,1-2H3,(H,22,24)/b14-8+. The number of halogens is 1. The van der Waals surface area contributed by atoms with Gasteiger partial charge in [-0.15, -0.1) is 0 Å². The van der Waals surface area contributed by atoms with Crippen molar-refractivity contribution in [2.45, 2.75) is 13.3 Å². The first-order valence-electron chi connectivity index (χ1n) is 7.57. The van der Waals surface area contributed by atoms with E-state index in [-0.39, 0.29) is 17.1 Å². The van der Waals surface area contributed by atoms with Crippen LogP contribution in [-0.4, -0.2) is 18.1 Å². The van der Waals surface area contributed by atoms with Crippen molar-refractivity contribution in [2.24, 2.45) is 0 Å². The van der Waals surface area contributed by atoms with E-state index in [0.717, 1.165) is 12.0 Å². The van der Waals surface area contributed by atoms with Gasteiger partial charge in [0.25, 0.3) is 5.91 Å². The monoisotopic (exact) mass is 448 g/mol. The summed E-state index contributed by atoms with van der Waals surface area (Å²) in [6.45, 7) is 2.00. The van der Waals surface area contributed by atoms with Crippen LogP contribution in [0.25, 0.3) is 6.08 Å². The molecule has 0 radical (unpaired) electrons. The maximum Gasteiger partial charge on any atom is 0.266 e. The fourth-order valence-electron chi connectivity index (χ4n) is 2.29. The minimum atomic E-state index is -0.481. The smallest absolute Gasteiger partial charge is 0.266 e. The SMILES string of the molecule is CCc1ccccc1NC(=O)/C(C#N)=C/c1cc(I)c(O)c(OC)c1. The van der Waals surface area contributed by atoms with E-state index in [0.29, 0.717) is 14.8 Å². The van der Waals surface area contributed by atoms with Gasteiger partial charge in [0.15, 0.2) is 11.5 Å². The number of phenolic OH excluding ortho intramolecular Hbond substituents is 1. The molecule has 0 heterocycles. The number of nitriles is 1. The van der Waals surface area contributed by atoms with Crippen LogP contribution in [0.3, 0.4) is 0 Å². The molecule has 0 bridgehead atoms. The summed E-state index contributed by atoms with van der Waals surface area (Å²) in [5.41, 5.74) is 2.24. The van der Waals surface area contributed by atoms with Crippen LogP contribution in [0.15, 0.2) is 42.0 Å². The number of aromatic hydroxyl groups is 1. The van der Waals surface area contributed by atoms with E-state index in [1.165, 1.54) is 13.2 Å². The number of hydrogen-bond acceptors (Lipinski definition) is 4. The number of nitrogens with one attached hydrogen (secondary N) is 1. The van der Waals surface area contributed by atoms with Crippen LogP contribution in [0.4, 0.5) is 5.69 Å². The molecule has 2 N–H and O–H groups in total. The summed E-state index contributed by atoms with van der Waals surface area (Å²) >= 11 is 1.96. The molecular weight excluding hydrogens is 431 g/mol. The molecule has 0 saturated heterocycles. The lowest BCUT2D eigenvalue weighted by Crippen LogP contribution is -2.14. The van der Waals surface area contributed by atoms with Gasteiger partial charge < -0.3 is 15.2 Å². The normalized spacial score (nSPS) is 10.9. The molecule has 5 nitrogen and oxygen atoms in total. The van der Waals surface area contributed by atoms with Crippen molar-refractivity contribution < 1.29 is 14.6 Å². The Morgan fingerprint density at radius 3 is 2.76 bits per heavy atom. The van der Waals surface area contributed by atoms with Crippen molar-refractivity contribution in [3.63, 3.8) is 0 Å². The number of benzene rings is 2. The molecule has 2 aromatic rings. The number of rotatable bonds is 5. The second kappa shape index (κ2) is 8.53. The van der Waals surface area contributed by atoms with Crippen LogP contribution in [0, 0.1) is 14.9 Å². The lowest BCUT2D eigenvalue weighted by molar-refractivity contribution is -0.112. The van der Waals surface area contributed by atoms with Gasteiger partial charge in [0, 0.05) is 5.69 Å². The van der Waals surface area contributed by atoms with E-state index in [1.807, 2.05) is 53.8 Å². The zero-order valence-electron chi connectivity index (χ0n) is 13.8. The number of para-hydroxylation sites is 1. The number of amides is 1. The molecule has 0 aliphatic rings. The molecule has 6 heteroatoms. The number of hydrogen-bond donors (Lipinski definition) is 2. The molecular formula is C19H17IN2O3. The number of ether oxygens (including phenoxy) is 1. The number of carbonyl (C=O) groups is 1. The minimum absolute atomic E-state index is 0.0279. The van der Waals surface area contributed by atoms with Crippen molar-refractivity contribution in [2.75, 3.05) is 12.4 Å². The third kappa shape index (κ3) is 4.51. The molecule has 1 amide bonds. The third-order valence-corrected chi connectivity index (χ3v) is 4.42. The molecule has 0 unspecified atom stereocenters. The van der Waals surface area contributed by atoms with E-state index in [9.17, 15) is 15.2 Å². The lowest BCUT2D eigenvalue weighted by atomic mass is 10.1. The Kier molecular flexibility index (Phi) is 6.42. The number of methoxy groups -OCH3 is 1. The summed E-state index contributed by atoms with van der Waals surface area (Å²) in [6, 6.07) is 12.6. The molecule has 2 aromatic carbocycles. The summed E-state index contributed by atoms with van der Waals surface area (Å²) in [5, 5.41) is 22.0. The molecule has 0 spiro atoms. The Bertz CT molecular complexity index is 869. The number of anilines is 1. The van der Waals surface area contributed by atoms with Gasteiger partial charge in [0.1, 0.15) is 11.6 Å². The molecule has 0 aliphatic carbocycles. The Hall–Kier alpha value is -2.53. The van der Waals surface area contributed by atoms with Crippen LogP contribution in [0.1, 0.15) is 18.1 Å². The molecule has 128 valence electrons. The summed E-state index contributed by atoms with van der Waals surface area (Å²) < 4.78 is 5.67. The zero-order chi connectivity index (χ0) is 18.4. The molecule has 2 rings (SSSR count). The largest absolute Gasteiger partial charge is 0.504 e. The highest BCUT2D eigenvalue weighted by Crippen LogP contribution is 2.33. The summed E-state index contributed by atoms with van der Waals surface area (Å²) in [7, 11) is 1.44. The van der Waals surface area contributed by atoms with Gasteiger partial charge in [0.2, 0.25) is 0 Å². The van der Waals surface area contributed by atoms with Gasteiger partial charge in [-0.05, 0) is 64.4 Å². The lowest BCUT2D eigenvalue weighted by Gasteiger charge is -2.10. The second-order valence-corrected chi connectivity index (χ2v) is 6.35. The van der Waals surface area contributed by atoms with Crippen LogP contribution < -0.4 is 10.1 Å². The number of aryl methyl sites for hydroxylation is 1. The molecule has 0 aromatic heterocycles. The highest BCUT2D eigenvalue weighted by molar-refractivity contribution is 14.1. The quantitative estimate of drug-likeness (QED) is 0.410. The van der Waals surface area contributed by atoms with Crippen LogP contribution >= 0.6 is 22.6 Å². The van der Waals surface area contributed by atoms with Gasteiger partial charge in [-0.3, -0.25) is 4.79 Å². The highest BCUT2D eigenvalue weighted by atomic mass is 127. The fourth-order valence-corrected chi connectivity index (χ4v) is 2.91. The highest BCUT2D eigenvalue weighted by Gasteiger charge is 2.13. The van der Waals surface area contributed by atoms with Crippen molar-refractivity contribution in [1.29, 1.82) is 5.26 Å². The topological polar surface area (TPSA) is 82.4 Å². The first kappa shape index (κ1) is 18.8. The van der Waals surface area contributed by atoms with Gasteiger partial charge in [0.05, 0.1) is 10.7 Å². The molecule has 25 heavy (non-hydrogen) atoms. The second-order valence-electron chi connectivity index (χ2n) is 5.19. The van der Waals surface area contributed by atoms with Crippen molar-refractivity contribution in [3.05, 3.63) is 56.7 Å². The van der Waals surface area contributed by atoms with Crippen LogP contribution in [0.5, 0.6) is 11.5 Å². The number of carbonyl (C=O) groups excluding carboxylic acids is 1. The Morgan fingerprint density at radius 2 is 2.12 bits per heavy atom. The zero-order valence-corrected chi connectivity index (χ0v) is 16.0. The number of phenols is 1. The molecule has 0 fully saturated rings. The average molecular weight is 448 g/mol. The third-order valence-electron chi connectivity index (χ3n) is 3.59. The predicted octanol–water partition coefficient (Wildman–Crippen LogP) is 4.11. The van der Waals surface area contributed by atoms with Gasteiger partial charge in [-0.25, -0.2) is 0 Å². The van der Waals surface area contributed by atoms with E-state index in [1.54, 1.807) is 18.2 Å². The van der Waals surface area contributed by atoms with Crippen molar-refractivity contribution in [1.82, 2.24) is 0 Å². The van der Waals surface area contributed by atoms with Gasteiger partial charge >= 0.3 is 0 Å². The Morgan fingerprint density at radius 1 is 1.40 bits per heavy atom. The molecule has 0 atom stereocenters. The summed E-state index contributed by atoms with van der Waals surface area (Å²) in [4.78, 5) is 12.4. The predicted molar refractivity (Wildman–Crippen MR) is 105 cm³/mol. The number of nitrogens with zero attached hydrogens (tertiary/aromatic N) is 1. The summed E-state index contributed by atoms with van der Waals surface area (Å²) in [6.07, 6.45) is 2.24. The fraction of sp³-hybridized carbons (Fsp3) is 0.158. The van der Waals surface area contributed by atoms with Gasteiger partial charge in [-0.2, -0.15) is 5.26 Å². The van der Waals surface area contributed by atoms with E-state index in [2.05, 4.69) is 5.32 Å². The summed E-state index contributed by atoms with van der Waals surface area (Å²) in [5.74, 6) is -0.169. The minimum Gasteiger partial charge on any atom is -0.504 e. The van der Waals surface area contributed by atoms with Crippen molar-refractivity contribution in [3.8, 4) is 17.6 Å². The molecule has 0 aliphatic heterocycles. The van der Waals surface area contributed by atoms with Gasteiger partial charge in [-0.1, -0.05) is 25.1 Å². The first-order chi connectivity index (χ1) is 12.0. The van der Waals surface area contributed by atoms with Crippen molar-refractivity contribution >= 4 is 40.3 Å². The van der Waals surface area contributed by atoms with E-state index >= 15 is 0 Å². The first-order valence-corrected chi connectivity index (χ1v) is 8.65. The Balaban J connectivity index is 2.33.